The highest BCUT2D eigenvalue weighted by molar-refractivity contribution is 6.03. The quantitative estimate of drug-likeness (QED) is 0.868. The zero-order chi connectivity index (χ0) is 17.8. The number of carboxylic acids is 1. The molecule has 0 atom stereocenters. The summed E-state index contributed by atoms with van der Waals surface area (Å²) in [6.07, 6.45) is 4.81. The van der Waals surface area contributed by atoms with E-state index < -0.39 is 11.9 Å². The SMILES string of the molecule is Cn1ncc(C(=O)O)c1C(=O)NCc1ccccc1N1CCCCC1. The van der Waals surface area contributed by atoms with E-state index in [1.165, 1.54) is 30.1 Å². The number of aromatic carboxylic acids is 1. The van der Waals surface area contributed by atoms with Gasteiger partial charge in [0.2, 0.25) is 0 Å². The lowest BCUT2D eigenvalue weighted by Gasteiger charge is -2.30. The fraction of sp³-hybridized carbons (Fsp3) is 0.389. The third kappa shape index (κ3) is 3.65. The summed E-state index contributed by atoms with van der Waals surface area (Å²) < 4.78 is 1.29. The van der Waals surface area contributed by atoms with Gasteiger partial charge in [0.05, 0.1) is 6.20 Å². The fourth-order valence-corrected chi connectivity index (χ4v) is 3.23. The maximum Gasteiger partial charge on any atom is 0.339 e. The number of para-hydroxylation sites is 1. The van der Waals surface area contributed by atoms with Crippen molar-refractivity contribution in [1.82, 2.24) is 15.1 Å². The van der Waals surface area contributed by atoms with Gasteiger partial charge in [0, 0.05) is 32.4 Å². The van der Waals surface area contributed by atoms with Crippen molar-refractivity contribution in [2.24, 2.45) is 7.05 Å². The summed E-state index contributed by atoms with van der Waals surface area (Å²) in [6, 6.07) is 8.01. The van der Waals surface area contributed by atoms with Crippen LogP contribution in [0.1, 0.15) is 45.7 Å². The number of piperidine rings is 1. The van der Waals surface area contributed by atoms with Crippen LogP contribution in [0.3, 0.4) is 0 Å². The molecule has 1 aromatic heterocycles. The lowest BCUT2D eigenvalue weighted by molar-refractivity contribution is 0.0690. The summed E-state index contributed by atoms with van der Waals surface area (Å²) in [6.45, 7) is 2.39. The first-order valence-electron chi connectivity index (χ1n) is 8.44. The van der Waals surface area contributed by atoms with Crippen LogP contribution in [0.4, 0.5) is 5.69 Å². The van der Waals surface area contributed by atoms with Gasteiger partial charge in [-0.25, -0.2) is 4.79 Å². The number of carboxylic acid groups (broad SMARTS) is 1. The molecule has 132 valence electrons. The van der Waals surface area contributed by atoms with Crippen LogP contribution in [0.5, 0.6) is 0 Å². The molecule has 1 aliphatic rings. The Kier molecular flexibility index (Phi) is 5.02. The Bertz CT molecular complexity index is 778. The van der Waals surface area contributed by atoms with Crippen LogP contribution >= 0.6 is 0 Å². The van der Waals surface area contributed by atoms with Gasteiger partial charge in [0.1, 0.15) is 11.3 Å². The number of anilines is 1. The number of aromatic nitrogens is 2. The highest BCUT2D eigenvalue weighted by atomic mass is 16.4. The van der Waals surface area contributed by atoms with Crippen LogP contribution in [0.2, 0.25) is 0 Å². The smallest absolute Gasteiger partial charge is 0.339 e. The zero-order valence-corrected chi connectivity index (χ0v) is 14.2. The molecule has 25 heavy (non-hydrogen) atoms. The standard InChI is InChI=1S/C18H22N4O3/c1-21-16(14(12-20-21)18(24)25)17(23)19-11-13-7-3-4-8-15(13)22-9-5-2-6-10-22/h3-4,7-8,12H,2,5-6,9-11H2,1H3,(H,19,23)(H,24,25). The summed E-state index contributed by atoms with van der Waals surface area (Å²) in [5.41, 5.74) is 2.12. The van der Waals surface area contributed by atoms with Crippen molar-refractivity contribution in [3.05, 3.63) is 47.3 Å². The molecule has 0 radical (unpaired) electrons. The summed E-state index contributed by atoms with van der Waals surface area (Å²) in [4.78, 5) is 26.0. The van der Waals surface area contributed by atoms with Gasteiger partial charge in [-0.1, -0.05) is 18.2 Å². The van der Waals surface area contributed by atoms with Gasteiger partial charge >= 0.3 is 5.97 Å². The third-order valence-corrected chi connectivity index (χ3v) is 4.51. The first kappa shape index (κ1) is 17.0. The first-order valence-corrected chi connectivity index (χ1v) is 8.44. The van der Waals surface area contributed by atoms with Gasteiger partial charge in [0.25, 0.3) is 5.91 Å². The van der Waals surface area contributed by atoms with Crippen LogP contribution in [0.15, 0.2) is 30.5 Å². The number of hydrogen-bond acceptors (Lipinski definition) is 4. The molecule has 1 aromatic carbocycles. The molecule has 0 bridgehead atoms. The number of nitrogens with zero attached hydrogens (tertiary/aromatic N) is 3. The number of nitrogens with one attached hydrogen (secondary N) is 1. The average molecular weight is 342 g/mol. The third-order valence-electron chi connectivity index (χ3n) is 4.51. The van der Waals surface area contributed by atoms with E-state index in [2.05, 4.69) is 21.4 Å². The Balaban J connectivity index is 1.75. The van der Waals surface area contributed by atoms with Crippen molar-refractivity contribution in [3.63, 3.8) is 0 Å². The number of hydrogen-bond donors (Lipinski definition) is 2. The second kappa shape index (κ2) is 7.38. The molecular formula is C18H22N4O3. The van der Waals surface area contributed by atoms with Gasteiger partial charge in [-0.05, 0) is 30.9 Å². The van der Waals surface area contributed by atoms with Crippen LogP contribution in [0, 0.1) is 0 Å². The number of aryl methyl sites for hydroxylation is 1. The number of amides is 1. The Morgan fingerprint density at radius 1 is 1.20 bits per heavy atom. The molecule has 2 heterocycles. The number of carbonyl (C=O) groups is 2. The van der Waals surface area contributed by atoms with E-state index in [0.717, 1.165) is 24.3 Å². The lowest BCUT2D eigenvalue weighted by atomic mass is 10.1. The highest BCUT2D eigenvalue weighted by Gasteiger charge is 2.22. The van der Waals surface area contributed by atoms with E-state index in [-0.39, 0.29) is 11.3 Å². The second-order valence-electron chi connectivity index (χ2n) is 6.19. The summed E-state index contributed by atoms with van der Waals surface area (Å²) in [7, 11) is 1.56. The minimum atomic E-state index is -1.16. The topological polar surface area (TPSA) is 87.5 Å². The molecule has 7 heteroatoms. The summed E-state index contributed by atoms with van der Waals surface area (Å²) in [5.74, 6) is -1.60. The lowest BCUT2D eigenvalue weighted by Crippen LogP contribution is -2.32. The molecule has 0 spiro atoms. The van der Waals surface area contributed by atoms with E-state index >= 15 is 0 Å². The minimum Gasteiger partial charge on any atom is -0.478 e. The van der Waals surface area contributed by atoms with E-state index in [1.54, 1.807) is 7.05 Å². The maximum atomic E-state index is 12.5. The average Bonchev–Trinajstić information content (AvgIpc) is 3.02. The van der Waals surface area contributed by atoms with Crippen LogP contribution < -0.4 is 10.2 Å². The predicted octanol–water partition coefficient (Wildman–Crippen LogP) is 2.04. The Morgan fingerprint density at radius 3 is 2.64 bits per heavy atom. The zero-order valence-electron chi connectivity index (χ0n) is 14.2. The van der Waals surface area contributed by atoms with Crippen LogP contribution in [-0.2, 0) is 13.6 Å². The maximum absolute atomic E-state index is 12.5. The van der Waals surface area contributed by atoms with Crippen molar-refractivity contribution >= 4 is 17.6 Å². The Hall–Kier alpha value is -2.83. The number of carbonyl (C=O) groups excluding carboxylic acids is 1. The van der Waals surface area contributed by atoms with Gasteiger partial charge in [0.15, 0.2) is 0 Å². The van der Waals surface area contributed by atoms with Gasteiger partial charge in [-0.15, -0.1) is 0 Å². The van der Waals surface area contributed by atoms with Crippen molar-refractivity contribution < 1.29 is 14.7 Å². The van der Waals surface area contributed by atoms with Crippen LogP contribution in [-0.4, -0.2) is 39.9 Å². The fourth-order valence-electron chi connectivity index (χ4n) is 3.23. The molecule has 1 saturated heterocycles. The van der Waals surface area contributed by atoms with Crippen molar-refractivity contribution in [1.29, 1.82) is 0 Å². The summed E-state index contributed by atoms with van der Waals surface area (Å²) in [5, 5.41) is 15.9. The Morgan fingerprint density at radius 2 is 1.92 bits per heavy atom. The van der Waals surface area contributed by atoms with E-state index in [4.69, 9.17) is 0 Å². The van der Waals surface area contributed by atoms with E-state index in [1.807, 2.05) is 18.2 Å². The normalized spacial score (nSPS) is 14.4. The molecular weight excluding hydrogens is 320 g/mol. The van der Waals surface area contributed by atoms with E-state index in [0.29, 0.717) is 6.54 Å². The van der Waals surface area contributed by atoms with Gasteiger partial charge in [-0.3, -0.25) is 9.48 Å². The van der Waals surface area contributed by atoms with Crippen LogP contribution in [0.25, 0.3) is 0 Å². The van der Waals surface area contributed by atoms with Crippen molar-refractivity contribution in [2.75, 3.05) is 18.0 Å². The summed E-state index contributed by atoms with van der Waals surface area (Å²) >= 11 is 0. The molecule has 0 aliphatic carbocycles. The largest absolute Gasteiger partial charge is 0.478 e. The molecule has 2 N–H and O–H groups in total. The molecule has 0 unspecified atom stereocenters. The van der Waals surface area contributed by atoms with Gasteiger partial charge in [-0.2, -0.15) is 5.10 Å². The van der Waals surface area contributed by atoms with Crippen molar-refractivity contribution in [2.45, 2.75) is 25.8 Å². The molecule has 7 nitrogen and oxygen atoms in total. The van der Waals surface area contributed by atoms with Crippen molar-refractivity contribution in [3.8, 4) is 0 Å². The Labute approximate surface area is 146 Å². The molecule has 3 rings (SSSR count). The molecule has 2 aromatic rings. The van der Waals surface area contributed by atoms with E-state index in [9.17, 15) is 14.7 Å². The second-order valence-corrected chi connectivity index (χ2v) is 6.19. The number of benzene rings is 1. The minimum absolute atomic E-state index is 0.0583. The first-order chi connectivity index (χ1) is 12.1. The highest BCUT2D eigenvalue weighted by Crippen LogP contribution is 2.24. The molecule has 0 saturated carbocycles. The molecule has 1 aliphatic heterocycles. The van der Waals surface area contributed by atoms with Gasteiger partial charge < -0.3 is 15.3 Å². The predicted molar refractivity (Wildman–Crippen MR) is 93.8 cm³/mol. The number of rotatable bonds is 5. The molecule has 1 fully saturated rings. The monoisotopic (exact) mass is 342 g/mol. The molecule has 1 amide bonds.